The summed E-state index contributed by atoms with van der Waals surface area (Å²) in [5.41, 5.74) is 6.90. The van der Waals surface area contributed by atoms with Crippen molar-refractivity contribution in [3.63, 3.8) is 0 Å². The highest BCUT2D eigenvalue weighted by Crippen LogP contribution is 2.38. The Bertz CT molecular complexity index is 1660. The molecule has 4 aromatic rings. The summed E-state index contributed by atoms with van der Waals surface area (Å²) in [6.07, 6.45) is 0. The summed E-state index contributed by atoms with van der Waals surface area (Å²) in [6.45, 7) is 5.56. The Balaban J connectivity index is 1.27. The van der Waals surface area contributed by atoms with Gasteiger partial charge in [0.05, 0.1) is 11.3 Å². The summed E-state index contributed by atoms with van der Waals surface area (Å²) in [5.74, 6) is -0.448. The van der Waals surface area contributed by atoms with Crippen molar-refractivity contribution < 1.29 is 9.59 Å². The van der Waals surface area contributed by atoms with E-state index in [-0.39, 0.29) is 11.8 Å². The predicted molar refractivity (Wildman–Crippen MR) is 174 cm³/mol. The van der Waals surface area contributed by atoms with Gasteiger partial charge in [0, 0.05) is 66.8 Å². The molecule has 2 aliphatic rings. The number of benzene rings is 4. The van der Waals surface area contributed by atoms with Crippen LogP contribution >= 0.6 is 11.6 Å². The van der Waals surface area contributed by atoms with Crippen LogP contribution in [0.2, 0.25) is 5.02 Å². The van der Waals surface area contributed by atoms with Crippen molar-refractivity contribution in [1.29, 1.82) is 0 Å². The summed E-state index contributed by atoms with van der Waals surface area (Å²) in [7, 11) is 2.16. The lowest BCUT2D eigenvalue weighted by Crippen LogP contribution is -2.43. The zero-order chi connectivity index (χ0) is 29.8. The minimum atomic E-state index is -0.230. The zero-order valence-corrected chi connectivity index (χ0v) is 24.8. The number of anilines is 2. The van der Waals surface area contributed by atoms with E-state index < -0.39 is 0 Å². The number of likely N-dealkylation sites (N-methyl/N-ethyl adjacent to an activating group) is 1. The van der Waals surface area contributed by atoms with Gasteiger partial charge in [-0.1, -0.05) is 66.2 Å². The molecule has 4 aromatic carbocycles. The topological polar surface area (TPSA) is 76.7 Å². The minimum Gasteiger partial charge on any atom is -0.354 e. The molecular weight excluding hydrogens is 558 g/mol. The van der Waals surface area contributed by atoms with E-state index in [2.05, 4.69) is 57.1 Å². The maximum Gasteiger partial charge on any atom is 0.258 e. The molecule has 0 saturated carbocycles. The number of carbonyl (C=O) groups is 2. The van der Waals surface area contributed by atoms with Crippen molar-refractivity contribution in [3.8, 4) is 0 Å². The van der Waals surface area contributed by atoms with Gasteiger partial charge < -0.3 is 20.9 Å². The highest BCUT2D eigenvalue weighted by atomic mass is 35.5. The van der Waals surface area contributed by atoms with E-state index in [9.17, 15) is 9.59 Å². The number of hydrogen-bond donors (Lipinski definition) is 3. The van der Waals surface area contributed by atoms with E-state index in [1.54, 1.807) is 24.3 Å². The number of halogens is 1. The quantitative estimate of drug-likeness (QED) is 0.221. The molecule has 8 heteroatoms. The smallest absolute Gasteiger partial charge is 0.258 e. The second-order valence-electron chi connectivity index (χ2n) is 11.0. The van der Waals surface area contributed by atoms with Crippen LogP contribution in [0.3, 0.4) is 0 Å². The first-order chi connectivity index (χ1) is 20.9. The van der Waals surface area contributed by atoms with Crippen LogP contribution in [-0.2, 0) is 17.9 Å². The maximum atomic E-state index is 13.4. The second-order valence-corrected chi connectivity index (χ2v) is 11.5. The van der Waals surface area contributed by atoms with Crippen LogP contribution < -0.4 is 16.0 Å². The molecule has 218 valence electrons. The Morgan fingerprint density at radius 1 is 0.837 bits per heavy atom. The molecule has 0 aromatic heterocycles. The predicted octanol–water partition coefficient (Wildman–Crippen LogP) is 5.95. The van der Waals surface area contributed by atoms with Crippen LogP contribution in [-0.4, -0.2) is 54.8 Å². The van der Waals surface area contributed by atoms with Gasteiger partial charge in [0.15, 0.2) is 0 Å². The molecule has 0 bridgehead atoms. The third-order valence-corrected chi connectivity index (χ3v) is 8.14. The Morgan fingerprint density at radius 2 is 1.60 bits per heavy atom. The summed E-state index contributed by atoms with van der Waals surface area (Å²) in [4.78, 5) is 31.4. The van der Waals surface area contributed by atoms with E-state index in [4.69, 9.17) is 11.6 Å². The van der Waals surface area contributed by atoms with Gasteiger partial charge in [0.1, 0.15) is 0 Å². The molecule has 2 amide bonds. The van der Waals surface area contributed by atoms with E-state index in [0.29, 0.717) is 39.7 Å². The number of hydrogen-bond acceptors (Lipinski definition) is 5. The molecule has 6 rings (SSSR count). The Hall–Kier alpha value is -4.43. The first kappa shape index (κ1) is 28.7. The highest BCUT2D eigenvalue weighted by Gasteiger charge is 2.29. The molecule has 7 nitrogen and oxygen atoms in total. The maximum absolute atomic E-state index is 13.4. The fourth-order valence-corrected chi connectivity index (χ4v) is 5.69. The normalized spacial score (nSPS) is 16.4. The molecule has 1 saturated heterocycles. The van der Waals surface area contributed by atoms with Gasteiger partial charge >= 0.3 is 0 Å². The molecule has 2 heterocycles. The van der Waals surface area contributed by atoms with Crippen LogP contribution in [0.15, 0.2) is 97.1 Å². The average Bonchev–Trinajstić information content (AvgIpc) is 3.35. The number of rotatable bonds is 8. The summed E-state index contributed by atoms with van der Waals surface area (Å²) >= 11 is 6.09. The van der Waals surface area contributed by atoms with Crippen molar-refractivity contribution in [2.24, 2.45) is 0 Å². The van der Waals surface area contributed by atoms with Crippen molar-refractivity contribution in [1.82, 2.24) is 15.1 Å². The molecule has 3 N–H and O–H groups in total. The summed E-state index contributed by atoms with van der Waals surface area (Å²) in [5, 5.41) is 10.1. The lowest BCUT2D eigenvalue weighted by molar-refractivity contribution is -0.110. The van der Waals surface area contributed by atoms with Crippen molar-refractivity contribution in [3.05, 3.63) is 130 Å². The number of amides is 2. The largest absolute Gasteiger partial charge is 0.354 e. The standard InChI is InChI=1S/C35H34ClN5O2/c1-40-16-18-41(19-17-40)23-24-10-13-29(14-11-24)38-33(26-7-3-2-4-8-26)32-30-21-27(12-15-31(30)39-35(32)43)34(42)37-22-25-6-5-9-28(36)20-25/h2-15,20-21,38H,16-19,22-23H2,1H3,(H,37,42)(H,39,43)/b33-32-. The fourth-order valence-electron chi connectivity index (χ4n) is 5.47. The van der Waals surface area contributed by atoms with E-state index in [1.807, 2.05) is 48.5 Å². The van der Waals surface area contributed by atoms with Gasteiger partial charge in [0.2, 0.25) is 0 Å². The molecule has 0 aliphatic carbocycles. The number of fused-ring (bicyclic) bond motifs is 1. The average molecular weight is 592 g/mol. The van der Waals surface area contributed by atoms with Crippen molar-refractivity contribution in [2.45, 2.75) is 13.1 Å². The molecule has 0 unspecified atom stereocenters. The van der Waals surface area contributed by atoms with Gasteiger partial charge in [-0.15, -0.1) is 0 Å². The minimum absolute atomic E-state index is 0.218. The third-order valence-electron chi connectivity index (χ3n) is 7.91. The molecule has 2 aliphatic heterocycles. The lowest BCUT2D eigenvalue weighted by atomic mass is 9.98. The fraction of sp³-hybridized carbons (Fsp3) is 0.200. The number of nitrogens with zero attached hydrogens (tertiary/aromatic N) is 2. The Kier molecular flexibility index (Phi) is 8.56. The van der Waals surface area contributed by atoms with Crippen molar-refractivity contribution >= 4 is 46.1 Å². The molecule has 0 atom stereocenters. The van der Waals surface area contributed by atoms with E-state index in [1.165, 1.54) is 5.56 Å². The van der Waals surface area contributed by atoms with Gasteiger partial charge in [-0.05, 0) is 66.2 Å². The molecule has 1 fully saturated rings. The van der Waals surface area contributed by atoms with Crippen LogP contribution in [0.1, 0.15) is 32.6 Å². The highest BCUT2D eigenvalue weighted by molar-refractivity contribution is 6.37. The van der Waals surface area contributed by atoms with Gasteiger partial charge in [0.25, 0.3) is 11.8 Å². The van der Waals surface area contributed by atoms with E-state index in [0.717, 1.165) is 49.5 Å². The van der Waals surface area contributed by atoms with Crippen molar-refractivity contribution in [2.75, 3.05) is 43.9 Å². The molecule has 0 spiro atoms. The Labute approximate surface area is 257 Å². The molecular formula is C35H34ClN5O2. The Morgan fingerprint density at radius 3 is 2.35 bits per heavy atom. The van der Waals surface area contributed by atoms with Crippen LogP contribution in [0.5, 0.6) is 0 Å². The van der Waals surface area contributed by atoms with Crippen LogP contribution in [0, 0.1) is 0 Å². The van der Waals surface area contributed by atoms with E-state index >= 15 is 0 Å². The number of nitrogens with one attached hydrogen (secondary N) is 3. The first-order valence-electron chi connectivity index (χ1n) is 14.5. The second kappa shape index (κ2) is 12.8. The molecule has 43 heavy (non-hydrogen) atoms. The van der Waals surface area contributed by atoms with Gasteiger partial charge in [-0.25, -0.2) is 0 Å². The van der Waals surface area contributed by atoms with Crippen LogP contribution in [0.25, 0.3) is 11.3 Å². The lowest BCUT2D eigenvalue weighted by Gasteiger charge is -2.32. The number of piperazine rings is 1. The summed E-state index contributed by atoms with van der Waals surface area (Å²) < 4.78 is 0. The van der Waals surface area contributed by atoms with Crippen LogP contribution in [0.4, 0.5) is 11.4 Å². The van der Waals surface area contributed by atoms with Gasteiger partial charge in [-0.3, -0.25) is 14.5 Å². The van der Waals surface area contributed by atoms with Gasteiger partial charge in [-0.2, -0.15) is 0 Å². The summed E-state index contributed by atoms with van der Waals surface area (Å²) in [6, 6.07) is 30.9. The molecule has 0 radical (unpaired) electrons. The monoisotopic (exact) mass is 591 g/mol. The first-order valence-corrected chi connectivity index (χ1v) is 14.9. The third kappa shape index (κ3) is 6.81. The zero-order valence-electron chi connectivity index (χ0n) is 24.1. The SMILES string of the molecule is CN1CCN(Cc2ccc(N/C(=C3\C(=O)Nc4ccc(C(=O)NCc5cccc(Cl)c5)cc43)c3ccccc3)cc2)CC1. The number of carbonyl (C=O) groups excluding carboxylic acids is 2.